The minimum atomic E-state index is -4.21. The number of benzene rings is 3. The van der Waals surface area contributed by atoms with Crippen LogP contribution in [-0.2, 0) is 10.0 Å². The lowest BCUT2D eigenvalue weighted by atomic mass is 10.2. The number of halogens is 3. The lowest BCUT2D eigenvalue weighted by Gasteiger charge is -2.13. The number of hydrogen-bond acceptors (Lipinski definition) is 6. The zero-order valence-electron chi connectivity index (χ0n) is 17.8. The highest BCUT2D eigenvalue weighted by Gasteiger charge is 2.19. The predicted octanol–water partition coefficient (Wildman–Crippen LogP) is 5.78. The molecule has 0 unspecified atom stereocenters. The summed E-state index contributed by atoms with van der Waals surface area (Å²) in [5.41, 5.74) is 0.247. The van der Waals surface area contributed by atoms with Gasteiger partial charge >= 0.3 is 0 Å². The van der Waals surface area contributed by atoms with Crippen LogP contribution in [0.4, 0.5) is 14.5 Å². The Bertz CT molecular complexity index is 1500. The first-order chi connectivity index (χ1) is 16.2. The van der Waals surface area contributed by atoms with Gasteiger partial charge in [-0.3, -0.25) is 9.71 Å². The van der Waals surface area contributed by atoms with Crippen molar-refractivity contribution in [1.29, 1.82) is 0 Å². The molecular formula is C23H17ClF2N2O5S. The third kappa shape index (κ3) is 4.68. The Morgan fingerprint density at radius 2 is 1.62 bits per heavy atom. The Hall–Kier alpha value is -3.63. The minimum Gasteiger partial charge on any atom is -0.493 e. The maximum Gasteiger partial charge on any atom is 0.262 e. The van der Waals surface area contributed by atoms with E-state index in [4.69, 9.17) is 25.8 Å². The highest BCUT2D eigenvalue weighted by Crippen LogP contribution is 2.37. The zero-order chi connectivity index (χ0) is 24.5. The fourth-order valence-corrected chi connectivity index (χ4v) is 4.49. The molecule has 0 aliphatic carbocycles. The van der Waals surface area contributed by atoms with Gasteiger partial charge in [0.15, 0.2) is 17.3 Å². The fraction of sp³-hybridized carbons (Fsp3) is 0.0870. The van der Waals surface area contributed by atoms with Crippen molar-refractivity contribution in [2.45, 2.75) is 4.90 Å². The number of rotatable bonds is 7. The summed E-state index contributed by atoms with van der Waals surface area (Å²) in [7, 11) is -1.20. The molecule has 1 aromatic heterocycles. The highest BCUT2D eigenvalue weighted by molar-refractivity contribution is 7.92. The van der Waals surface area contributed by atoms with Crippen molar-refractivity contribution < 1.29 is 31.4 Å². The maximum absolute atomic E-state index is 14.7. The molecule has 0 spiro atoms. The molecule has 1 N–H and O–H groups in total. The van der Waals surface area contributed by atoms with Gasteiger partial charge in [-0.2, -0.15) is 0 Å². The van der Waals surface area contributed by atoms with Gasteiger partial charge in [-0.15, -0.1) is 0 Å². The lowest BCUT2D eigenvalue weighted by molar-refractivity contribution is 0.355. The molecule has 176 valence electrons. The molecule has 0 amide bonds. The van der Waals surface area contributed by atoms with Gasteiger partial charge < -0.3 is 14.2 Å². The monoisotopic (exact) mass is 506 g/mol. The molecule has 0 bridgehead atoms. The molecule has 0 radical (unpaired) electrons. The average Bonchev–Trinajstić information content (AvgIpc) is 2.81. The van der Waals surface area contributed by atoms with E-state index in [2.05, 4.69) is 9.71 Å². The van der Waals surface area contributed by atoms with Gasteiger partial charge in [0.25, 0.3) is 10.0 Å². The van der Waals surface area contributed by atoms with E-state index in [1.807, 2.05) is 0 Å². The van der Waals surface area contributed by atoms with Gasteiger partial charge in [0, 0.05) is 23.7 Å². The number of nitrogens with zero attached hydrogens (tertiary/aromatic N) is 1. The zero-order valence-corrected chi connectivity index (χ0v) is 19.4. The van der Waals surface area contributed by atoms with Crippen molar-refractivity contribution in [3.63, 3.8) is 0 Å². The van der Waals surface area contributed by atoms with Crippen LogP contribution in [-0.4, -0.2) is 27.6 Å². The largest absolute Gasteiger partial charge is 0.493 e. The third-order valence-electron chi connectivity index (χ3n) is 4.82. The number of anilines is 1. The predicted molar refractivity (Wildman–Crippen MR) is 124 cm³/mol. The molecule has 4 aromatic rings. The summed E-state index contributed by atoms with van der Waals surface area (Å²) in [5, 5.41) is 0.226. The highest BCUT2D eigenvalue weighted by atomic mass is 35.5. The van der Waals surface area contributed by atoms with Crippen LogP contribution in [0.3, 0.4) is 0 Å². The van der Waals surface area contributed by atoms with Gasteiger partial charge in [0.2, 0.25) is 0 Å². The summed E-state index contributed by atoms with van der Waals surface area (Å²) >= 11 is 5.65. The van der Waals surface area contributed by atoms with E-state index < -0.39 is 21.7 Å². The normalized spacial score (nSPS) is 11.3. The first-order valence-electron chi connectivity index (χ1n) is 9.68. The number of sulfonamides is 1. The Morgan fingerprint density at radius 1 is 0.882 bits per heavy atom. The van der Waals surface area contributed by atoms with Crippen molar-refractivity contribution in [3.05, 3.63) is 77.5 Å². The van der Waals surface area contributed by atoms with Gasteiger partial charge in [0.05, 0.1) is 35.3 Å². The van der Waals surface area contributed by atoms with E-state index in [0.717, 1.165) is 24.3 Å². The minimum absolute atomic E-state index is 0.118. The van der Waals surface area contributed by atoms with Crippen molar-refractivity contribution in [2.75, 3.05) is 18.9 Å². The standard InChI is InChI=1S/C23H17ClF2N2O5S/c1-31-22-11-15-20(12-23(22)32-2)27-8-7-21(15)33-13-3-6-19(18(26)9-13)28-34(29,30)14-4-5-17(25)16(24)10-14/h3-12,28H,1-2H3. The molecular weight excluding hydrogens is 490 g/mol. The van der Waals surface area contributed by atoms with Gasteiger partial charge in [0.1, 0.15) is 17.3 Å². The second-order valence-corrected chi connectivity index (χ2v) is 9.05. The Kier molecular flexibility index (Phi) is 6.45. The van der Waals surface area contributed by atoms with Crippen molar-refractivity contribution >= 4 is 38.2 Å². The molecule has 0 aliphatic heterocycles. The molecule has 0 aliphatic rings. The number of fused-ring (bicyclic) bond motifs is 1. The summed E-state index contributed by atoms with van der Waals surface area (Å²) in [6, 6.07) is 11.5. The SMILES string of the molecule is COc1cc2nccc(Oc3ccc(NS(=O)(=O)c4ccc(F)c(Cl)c4)c(F)c3)c2cc1OC. The van der Waals surface area contributed by atoms with Crippen molar-refractivity contribution in [1.82, 2.24) is 4.98 Å². The second-order valence-electron chi connectivity index (χ2n) is 6.96. The number of nitrogens with one attached hydrogen (secondary N) is 1. The molecule has 0 saturated heterocycles. The first kappa shape index (κ1) is 23.5. The summed E-state index contributed by atoms with van der Waals surface area (Å²) in [5.74, 6) is -0.207. The number of aromatic nitrogens is 1. The van der Waals surface area contributed by atoms with Gasteiger partial charge in [-0.25, -0.2) is 17.2 Å². The Morgan fingerprint density at radius 3 is 2.29 bits per heavy atom. The topological polar surface area (TPSA) is 86.8 Å². The smallest absolute Gasteiger partial charge is 0.262 e. The maximum atomic E-state index is 14.7. The van der Waals surface area contributed by atoms with E-state index >= 15 is 0 Å². The third-order valence-corrected chi connectivity index (χ3v) is 6.47. The van der Waals surface area contributed by atoms with E-state index in [0.29, 0.717) is 28.2 Å². The van der Waals surface area contributed by atoms with E-state index in [1.54, 1.807) is 18.2 Å². The van der Waals surface area contributed by atoms with Crippen molar-refractivity contribution in [3.8, 4) is 23.0 Å². The molecule has 7 nitrogen and oxygen atoms in total. The first-order valence-corrected chi connectivity index (χ1v) is 11.5. The van der Waals surface area contributed by atoms with Gasteiger partial charge in [-0.05, 0) is 42.5 Å². The number of hydrogen-bond donors (Lipinski definition) is 1. The lowest BCUT2D eigenvalue weighted by Crippen LogP contribution is -2.14. The van der Waals surface area contributed by atoms with E-state index in [1.165, 1.54) is 32.5 Å². The van der Waals surface area contributed by atoms with Crippen LogP contribution in [0.5, 0.6) is 23.0 Å². The average molecular weight is 507 g/mol. The van der Waals surface area contributed by atoms with Crippen LogP contribution in [0, 0.1) is 11.6 Å². The number of ether oxygens (including phenoxy) is 3. The Labute approximate surface area is 198 Å². The molecule has 1 heterocycles. The van der Waals surface area contributed by atoms with Gasteiger partial charge in [-0.1, -0.05) is 11.6 Å². The summed E-state index contributed by atoms with van der Waals surface area (Å²) in [4.78, 5) is 3.97. The molecule has 0 fully saturated rings. The second kappa shape index (κ2) is 9.32. The number of pyridine rings is 1. The summed E-state index contributed by atoms with van der Waals surface area (Å²) in [6.07, 6.45) is 1.52. The summed E-state index contributed by atoms with van der Waals surface area (Å²) in [6.45, 7) is 0. The number of methoxy groups -OCH3 is 2. The van der Waals surface area contributed by atoms with Crippen LogP contribution in [0.15, 0.2) is 65.7 Å². The fourth-order valence-electron chi connectivity index (χ4n) is 3.15. The van der Waals surface area contributed by atoms with E-state index in [-0.39, 0.29) is 21.4 Å². The molecule has 0 atom stereocenters. The molecule has 34 heavy (non-hydrogen) atoms. The quantitative estimate of drug-likeness (QED) is 0.342. The van der Waals surface area contributed by atoms with Crippen molar-refractivity contribution in [2.24, 2.45) is 0 Å². The summed E-state index contributed by atoms with van der Waals surface area (Å²) < 4.78 is 71.7. The van der Waals surface area contributed by atoms with Crippen LogP contribution in [0.25, 0.3) is 10.9 Å². The molecule has 0 saturated carbocycles. The van der Waals surface area contributed by atoms with Crippen LogP contribution in [0.1, 0.15) is 0 Å². The van der Waals surface area contributed by atoms with E-state index in [9.17, 15) is 17.2 Å². The molecule has 11 heteroatoms. The Balaban J connectivity index is 1.62. The molecule has 3 aromatic carbocycles. The van der Waals surface area contributed by atoms with Crippen LogP contribution < -0.4 is 18.9 Å². The van der Waals surface area contributed by atoms with Crippen LogP contribution >= 0.6 is 11.6 Å². The molecule has 4 rings (SSSR count). The van der Waals surface area contributed by atoms with Crippen LogP contribution in [0.2, 0.25) is 5.02 Å².